The lowest BCUT2D eigenvalue weighted by atomic mass is 9.96. The fraction of sp³-hybridized carbons (Fsp3) is 0.417. The van der Waals surface area contributed by atoms with Crippen LogP contribution >= 0.6 is 12.4 Å². The number of hydrogen-bond acceptors (Lipinski definition) is 2. The number of carbonyl (C=O) groups excluding carboxylic acids is 1. The Kier molecular flexibility index (Phi) is 5.20. The normalized spacial score (nSPS) is 18.2. The van der Waals surface area contributed by atoms with E-state index in [2.05, 4.69) is 5.32 Å². The van der Waals surface area contributed by atoms with Gasteiger partial charge < -0.3 is 10.6 Å². The van der Waals surface area contributed by atoms with E-state index in [0.717, 1.165) is 11.1 Å². The maximum Gasteiger partial charge on any atom is 0.471 e. The number of halogens is 4. The SMILES string of the molecule is Cl.O=C(NCC1Cc2ccccc2CN1)C(F)(F)F. The molecule has 0 saturated carbocycles. The standard InChI is InChI=1S/C12H13F3N2O.ClH/c13-12(14,15)11(18)17-7-10-5-8-3-1-2-4-9(8)6-16-10;/h1-4,10,16H,5-7H2,(H,17,18);1H. The summed E-state index contributed by atoms with van der Waals surface area (Å²) in [6.07, 6.45) is -4.19. The van der Waals surface area contributed by atoms with Crippen molar-refractivity contribution in [2.24, 2.45) is 0 Å². The van der Waals surface area contributed by atoms with E-state index in [4.69, 9.17) is 0 Å². The summed E-state index contributed by atoms with van der Waals surface area (Å²) in [5.74, 6) is -1.89. The molecule has 106 valence electrons. The molecule has 1 aromatic carbocycles. The van der Waals surface area contributed by atoms with Gasteiger partial charge in [-0.2, -0.15) is 13.2 Å². The lowest BCUT2D eigenvalue weighted by Gasteiger charge is -2.26. The molecule has 3 nitrogen and oxygen atoms in total. The molecule has 0 fully saturated rings. The quantitative estimate of drug-likeness (QED) is 0.873. The van der Waals surface area contributed by atoms with Crippen LogP contribution in [0.1, 0.15) is 11.1 Å². The molecule has 0 aliphatic carbocycles. The lowest BCUT2D eigenvalue weighted by molar-refractivity contribution is -0.173. The van der Waals surface area contributed by atoms with Crippen LogP contribution in [-0.4, -0.2) is 24.7 Å². The molecule has 19 heavy (non-hydrogen) atoms. The van der Waals surface area contributed by atoms with Crippen molar-refractivity contribution in [1.82, 2.24) is 10.6 Å². The van der Waals surface area contributed by atoms with Gasteiger partial charge in [0.25, 0.3) is 0 Å². The van der Waals surface area contributed by atoms with E-state index in [9.17, 15) is 18.0 Å². The first-order valence-corrected chi connectivity index (χ1v) is 5.62. The van der Waals surface area contributed by atoms with Crippen LogP contribution < -0.4 is 10.6 Å². The lowest BCUT2D eigenvalue weighted by Crippen LogP contribution is -2.47. The summed E-state index contributed by atoms with van der Waals surface area (Å²) in [5.41, 5.74) is 2.26. The fourth-order valence-electron chi connectivity index (χ4n) is 1.98. The monoisotopic (exact) mass is 294 g/mol. The van der Waals surface area contributed by atoms with Crippen LogP contribution in [0, 0.1) is 0 Å². The van der Waals surface area contributed by atoms with Gasteiger partial charge in [0, 0.05) is 19.1 Å². The molecule has 0 saturated heterocycles. The first kappa shape index (κ1) is 15.8. The third kappa shape index (κ3) is 4.11. The molecule has 1 aliphatic heterocycles. The average molecular weight is 295 g/mol. The second-order valence-corrected chi connectivity index (χ2v) is 4.26. The molecule has 1 atom stereocenters. The predicted octanol–water partition coefficient (Wildman–Crippen LogP) is 1.80. The summed E-state index contributed by atoms with van der Waals surface area (Å²) in [5, 5.41) is 5.00. The van der Waals surface area contributed by atoms with Gasteiger partial charge in [-0.1, -0.05) is 24.3 Å². The Morgan fingerprint density at radius 3 is 2.58 bits per heavy atom. The van der Waals surface area contributed by atoms with E-state index < -0.39 is 12.1 Å². The van der Waals surface area contributed by atoms with E-state index in [0.29, 0.717) is 13.0 Å². The van der Waals surface area contributed by atoms with Crippen molar-refractivity contribution in [3.63, 3.8) is 0 Å². The number of amides is 1. The number of carbonyl (C=O) groups is 1. The van der Waals surface area contributed by atoms with Gasteiger partial charge in [0.05, 0.1) is 0 Å². The Balaban J connectivity index is 0.00000180. The highest BCUT2D eigenvalue weighted by Crippen LogP contribution is 2.17. The Hall–Kier alpha value is -1.27. The topological polar surface area (TPSA) is 41.1 Å². The zero-order valence-corrected chi connectivity index (χ0v) is 10.8. The van der Waals surface area contributed by atoms with Crippen molar-refractivity contribution >= 4 is 18.3 Å². The molecule has 1 heterocycles. The highest BCUT2D eigenvalue weighted by Gasteiger charge is 2.38. The maximum absolute atomic E-state index is 12.0. The summed E-state index contributed by atoms with van der Waals surface area (Å²) in [6, 6.07) is 7.59. The number of alkyl halides is 3. The van der Waals surface area contributed by atoms with Crippen molar-refractivity contribution in [2.75, 3.05) is 6.54 Å². The second kappa shape index (κ2) is 6.25. The Bertz CT molecular complexity index is 451. The highest BCUT2D eigenvalue weighted by molar-refractivity contribution is 5.85. The molecule has 2 N–H and O–H groups in total. The third-order valence-corrected chi connectivity index (χ3v) is 2.93. The molecule has 0 radical (unpaired) electrons. The minimum Gasteiger partial charge on any atom is -0.347 e. The molecule has 1 aliphatic rings. The van der Waals surface area contributed by atoms with Crippen molar-refractivity contribution in [1.29, 1.82) is 0 Å². The minimum atomic E-state index is -4.81. The van der Waals surface area contributed by atoms with Gasteiger partial charge >= 0.3 is 12.1 Å². The first-order chi connectivity index (χ1) is 8.47. The second-order valence-electron chi connectivity index (χ2n) is 4.26. The molecule has 7 heteroatoms. The van der Waals surface area contributed by atoms with Crippen molar-refractivity contribution in [2.45, 2.75) is 25.2 Å². The van der Waals surface area contributed by atoms with E-state index in [-0.39, 0.29) is 25.0 Å². The molecule has 0 bridgehead atoms. The molecule has 2 rings (SSSR count). The van der Waals surface area contributed by atoms with Gasteiger partial charge in [-0.3, -0.25) is 4.79 Å². The predicted molar refractivity (Wildman–Crippen MR) is 67.1 cm³/mol. The van der Waals surface area contributed by atoms with Crippen LogP contribution in [0.2, 0.25) is 0 Å². The van der Waals surface area contributed by atoms with Crippen LogP contribution in [0.5, 0.6) is 0 Å². The average Bonchev–Trinajstić information content (AvgIpc) is 2.34. The Morgan fingerprint density at radius 2 is 1.95 bits per heavy atom. The van der Waals surface area contributed by atoms with E-state index >= 15 is 0 Å². The minimum absolute atomic E-state index is 0. The van der Waals surface area contributed by atoms with Crippen LogP contribution in [0.15, 0.2) is 24.3 Å². The summed E-state index contributed by atoms with van der Waals surface area (Å²) in [4.78, 5) is 10.7. The molecule has 1 amide bonds. The fourth-order valence-corrected chi connectivity index (χ4v) is 1.98. The van der Waals surface area contributed by atoms with E-state index in [1.54, 1.807) is 0 Å². The van der Waals surface area contributed by atoms with Gasteiger partial charge in [0.1, 0.15) is 0 Å². The smallest absolute Gasteiger partial charge is 0.347 e. The zero-order valence-electron chi connectivity index (χ0n) is 9.96. The summed E-state index contributed by atoms with van der Waals surface area (Å²) < 4.78 is 36.0. The number of fused-ring (bicyclic) bond motifs is 1. The Morgan fingerprint density at radius 1 is 1.32 bits per heavy atom. The number of rotatable bonds is 2. The van der Waals surface area contributed by atoms with Crippen molar-refractivity contribution in [3.05, 3.63) is 35.4 Å². The van der Waals surface area contributed by atoms with E-state index in [1.807, 2.05) is 29.6 Å². The highest BCUT2D eigenvalue weighted by atomic mass is 35.5. The van der Waals surface area contributed by atoms with Gasteiger partial charge in [-0.25, -0.2) is 0 Å². The largest absolute Gasteiger partial charge is 0.471 e. The van der Waals surface area contributed by atoms with Crippen LogP contribution in [0.4, 0.5) is 13.2 Å². The maximum atomic E-state index is 12.0. The van der Waals surface area contributed by atoms with Crippen LogP contribution in [0.3, 0.4) is 0 Å². The molecular weight excluding hydrogens is 281 g/mol. The zero-order chi connectivity index (χ0) is 13.2. The molecule has 0 aromatic heterocycles. The van der Waals surface area contributed by atoms with Crippen LogP contribution in [0.25, 0.3) is 0 Å². The summed E-state index contributed by atoms with van der Waals surface area (Å²) in [6.45, 7) is 0.593. The Labute approximate surface area is 115 Å². The van der Waals surface area contributed by atoms with Crippen molar-refractivity contribution < 1.29 is 18.0 Å². The van der Waals surface area contributed by atoms with Gasteiger partial charge in [0.15, 0.2) is 0 Å². The summed E-state index contributed by atoms with van der Waals surface area (Å²) in [7, 11) is 0. The van der Waals surface area contributed by atoms with Crippen LogP contribution in [-0.2, 0) is 17.8 Å². The van der Waals surface area contributed by atoms with Gasteiger partial charge in [-0.05, 0) is 17.5 Å². The molecule has 1 unspecified atom stereocenters. The molecule has 1 aromatic rings. The van der Waals surface area contributed by atoms with Gasteiger partial charge in [0.2, 0.25) is 0 Å². The molecular formula is C12H14ClF3N2O. The summed E-state index contributed by atoms with van der Waals surface area (Å²) >= 11 is 0. The third-order valence-electron chi connectivity index (χ3n) is 2.93. The molecule has 0 spiro atoms. The number of nitrogens with one attached hydrogen (secondary N) is 2. The van der Waals surface area contributed by atoms with Crippen molar-refractivity contribution in [3.8, 4) is 0 Å². The number of benzene rings is 1. The number of hydrogen-bond donors (Lipinski definition) is 2. The van der Waals surface area contributed by atoms with Gasteiger partial charge in [-0.15, -0.1) is 12.4 Å². The first-order valence-electron chi connectivity index (χ1n) is 5.62. The van der Waals surface area contributed by atoms with E-state index in [1.165, 1.54) is 0 Å².